The Labute approximate surface area is 308 Å². The Morgan fingerprint density at radius 2 is 1.23 bits per heavy atom. The predicted octanol–water partition coefficient (Wildman–Crippen LogP) is 12.0. The van der Waals surface area contributed by atoms with Gasteiger partial charge in [-0.1, -0.05) is 124 Å². The van der Waals surface area contributed by atoms with E-state index in [2.05, 4.69) is 171 Å². The number of hydrogen-bond acceptors (Lipinski definition) is 3. The van der Waals surface area contributed by atoms with E-state index < -0.39 is 0 Å². The summed E-state index contributed by atoms with van der Waals surface area (Å²) in [4.78, 5) is 16.0. The molecule has 2 heterocycles. The lowest BCUT2D eigenvalue weighted by Crippen LogP contribution is -2.15. The van der Waals surface area contributed by atoms with E-state index in [9.17, 15) is 0 Å². The summed E-state index contributed by atoms with van der Waals surface area (Å²) in [5.41, 5.74) is 12.0. The Hall–Kier alpha value is -6.39. The van der Waals surface area contributed by atoms with Gasteiger partial charge in [0.1, 0.15) is 0 Å². The Balaban J connectivity index is 1.19. The SMILES string of the molecule is CC1Cc2ccccc2C=C1c1nc(-c2ccc3ccccc3c2)nc(-n2c3ccccc3c3cc4c(cc32)C(C)(C)c2cc3ccccc3cc2-4)n1. The smallest absolute Gasteiger partial charge is 0.238 e. The third kappa shape index (κ3) is 4.51. The molecular formula is C49H36N4. The molecule has 2 aromatic heterocycles. The van der Waals surface area contributed by atoms with Gasteiger partial charge in [0.2, 0.25) is 5.95 Å². The Bertz CT molecular complexity index is 3030. The van der Waals surface area contributed by atoms with Crippen LogP contribution in [-0.4, -0.2) is 19.5 Å². The minimum Gasteiger partial charge on any atom is -0.278 e. The largest absolute Gasteiger partial charge is 0.278 e. The molecule has 2 aliphatic rings. The maximum Gasteiger partial charge on any atom is 0.238 e. The van der Waals surface area contributed by atoms with Crippen LogP contribution in [0.5, 0.6) is 0 Å². The molecule has 7 aromatic carbocycles. The maximum absolute atomic E-state index is 5.39. The summed E-state index contributed by atoms with van der Waals surface area (Å²) in [5, 5.41) is 7.29. The number of aromatic nitrogens is 4. The zero-order chi connectivity index (χ0) is 35.4. The minimum atomic E-state index is -0.180. The minimum absolute atomic E-state index is 0.180. The second-order valence-electron chi connectivity index (χ2n) is 15.4. The number of fused-ring (bicyclic) bond motifs is 9. The average Bonchev–Trinajstić information content (AvgIpc) is 3.63. The van der Waals surface area contributed by atoms with Crippen molar-refractivity contribution in [1.29, 1.82) is 0 Å². The number of allylic oxidation sites excluding steroid dienone is 1. The van der Waals surface area contributed by atoms with E-state index in [0.29, 0.717) is 11.8 Å². The average molecular weight is 681 g/mol. The van der Waals surface area contributed by atoms with E-state index in [-0.39, 0.29) is 11.3 Å². The molecule has 252 valence electrons. The van der Waals surface area contributed by atoms with Crippen LogP contribution in [0.3, 0.4) is 0 Å². The van der Waals surface area contributed by atoms with E-state index in [1.54, 1.807) is 0 Å². The van der Waals surface area contributed by atoms with E-state index in [1.807, 2.05) is 0 Å². The van der Waals surface area contributed by atoms with Crippen molar-refractivity contribution in [3.8, 4) is 28.5 Å². The molecule has 0 fully saturated rings. The summed E-state index contributed by atoms with van der Waals surface area (Å²) in [5.74, 6) is 2.29. The molecule has 1 atom stereocenters. The monoisotopic (exact) mass is 680 g/mol. The Morgan fingerprint density at radius 3 is 2.08 bits per heavy atom. The summed E-state index contributed by atoms with van der Waals surface area (Å²) < 4.78 is 2.28. The van der Waals surface area contributed by atoms with Crippen LogP contribution in [0, 0.1) is 5.92 Å². The van der Waals surface area contributed by atoms with Crippen LogP contribution in [0.15, 0.2) is 140 Å². The lowest BCUT2D eigenvalue weighted by atomic mass is 9.81. The van der Waals surface area contributed by atoms with Gasteiger partial charge in [-0.2, -0.15) is 9.97 Å². The molecule has 53 heavy (non-hydrogen) atoms. The van der Waals surface area contributed by atoms with Crippen molar-refractivity contribution in [3.63, 3.8) is 0 Å². The van der Waals surface area contributed by atoms with E-state index in [0.717, 1.165) is 39.8 Å². The van der Waals surface area contributed by atoms with Gasteiger partial charge in [0, 0.05) is 27.3 Å². The van der Waals surface area contributed by atoms with Crippen molar-refractivity contribution >= 4 is 55.0 Å². The molecule has 0 radical (unpaired) electrons. The molecule has 1 unspecified atom stereocenters. The quantitative estimate of drug-likeness (QED) is 0.187. The number of hydrogen-bond donors (Lipinski definition) is 0. The van der Waals surface area contributed by atoms with E-state index >= 15 is 0 Å². The first-order valence-electron chi connectivity index (χ1n) is 18.6. The molecule has 4 heteroatoms. The molecule has 0 saturated heterocycles. The number of para-hydroxylation sites is 1. The molecule has 0 aliphatic heterocycles. The Kier molecular flexibility index (Phi) is 6.31. The molecular weight excluding hydrogens is 645 g/mol. The van der Waals surface area contributed by atoms with Crippen LogP contribution in [0.25, 0.3) is 83.5 Å². The topological polar surface area (TPSA) is 43.6 Å². The molecule has 0 spiro atoms. The van der Waals surface area contributed by atoms with Gasteiger partial charge in [-0.05, 0) is 110 Å². The molecule has 11 rings (SSSR count). The van der Waals surface area contributed by atoms with Gasteiger partial charge in [0.15, 0.2) is 11.6 Å². The first-order valence-corrected chi connectivity index (χ1v) is 18.6. The fourth-order valence-corrected chi connectivity index (χ4v) is 9.04. The standard InChI is InChI=1S/C49H36N4/c1-29-22-31-13-6-7-15-33(31)24-38(29)47-50-46(36-21-20-30-12-4-5-14-32(30)23-36)51-48(52-47)53-44-19-11-10-18-37(44)41-27-40-39-25-34-16-8-9-17-35(34)26-42(39)49(2,3)43(40)28-45(41)53/h4-21,23-29H,22H2,1-3H3. The molecule has 0 saturated carbocycles. The molecule has 0 bridgehead atoms. The highest BCUT2D eigenvalue weighted by molar-refractivity contribution is 6.12. The zero-order valence-electron chi connectivity index (χ0n) is 29.9. The van der Waals surface area contributed by atoms with Gasteiger partial charge >= 0.3 is 0 Å². The van der Waals surface area contributed by atoms with Crippen molar-refractivity contribution in [2.24, 2.45) is 5.92 Å². The zero-order valence-corrected chi connectivity index (χ0v) is 29.9. The Morgan fingerprint density at radius 1 is 0.566 bits per heavy atom. The fourth-order valence-electron chi connectivity index (χ4n) is 9.04. The second-order valence-corrected chi connectivity index (χ2v) is 15.4. The van der Waals surface area contributed by atoms with Gasteiger partial charge < -0.3 is 0 Å². The molecule has 4 nitrogen and oxygen atoms in total. The fraction of sp³-hybridized carbons (Fsp3) is 0.122. The van der Waals surface area contributed by atoms with Crippen molar-refractivity contribution in [1.82, 2.24) is 19.5 Å². The summed E-state index contributed by atoms with van der Waals surface area (Å²) in [7, 11) is 0. The van der Waals surface area contributed by atoms with Crippen LogP contribution in [0.2, 0.25) is 0 Å². The number of nitrogens with zero attached hydrogens (tertiary/aromatic N) is 4. The summed E-state index contributed by atoms with van der Waals surface area (Å²) in [6.45, 7) is 7.01. The molecule has 9 aromatic rings. The summed E-state index contributed by atoms with van der Waals surface area (Å²) in [6, 6.07) is 50.6. The first kappa shape index (κ1) is 30.3. The first-order chi connectivity index (χ1) is 25.9. The highest BCUT2D eigenvalue weighted by atomic mass is 15.2. The van der Waals surface area contributed by atoms with Crippen LogP contribution >= 0.6 is 0 Å². The highest BCUT2D eigenvalue weighted by Crippen LogP contribution is 2.52. The molecule has 0 N–H and O–H groups in total. The van der Waals surface area contributed by atoms with Gasteiger partial charge in [-0.3, -0.25) is 4.57 Å². The summed E-state index contributed by atoms with van der Waals surface area (Å²) in [6.07, 6.45) is 3.23. The maximum atomic E-state index is 5.39. The van der Waals surface area contributed by atoms with E-state index in [4.69, 9.17) is 15.0 Å². The van der Waals surface area contributed by atoms with Crippen molar-refractivity contribution in [2.75, 3.05) is 0 Å². The van der Waals surface area contributed by atoms with Crippen LogP contribution < -0.4 is 0 Å². The predicted molar refractivity (Wildman–Crippen MR) is 219 cm³/mol. The lowest BCUT2D eigenvalue weighted by molar-refractivity contribution is 0.661. The van der Waals surface area contributed by atoms with Gasteiger partial charge in [-0.25, -0.2) is 4.98 Å². The van der Waals surface area contributed by atoms with Crippen molar-refractivity contribution in [3.05, 3.63) is 168 Å². The van der Waals surface area contributed by atoms with Crippen molar-refractivity contribution < 1.29 is 0 Å². The van der Waals surface area contributed by atoms with Crippen LogP contribution in [0.1, 0.15) is 48.8 Å². The van der Waals surface area contributed by atoms with Gasteiger partial charge in [-0.15, -0.1) is 0 Å². The van der Waals surface area contributed by atoms with Crippen LogP contribution in [-0.2, 0) is 11.8 Å². The molecule has 0 amide bonds. The lowest BCUT2D eigenvalue weighted by Gasteiger charge is -2.23. The second kappa shape index (κ2) is 11.1. The van der Waals surface area contributed by atoms with Crippen LogP contribution in [0.4, 0.5) is 0 Å². The van der Waals surface area contributed by atoms with Gasteiger partial charge in [0.05, 0.1) is 11.0 Å². The van der Waals surface area contributed by atoms with E-state index in [1.165, 1.54) is 60.3 Å². The summed E-state index contributed by atoms with van der Waals surface area (Å²) >= 11 is 0. The highest BCUT2D eigenvalue weighted by Gasteiger charge is 2.37. The third-order valence-corrected chi connectivity index (χ3v) is 11.8. The number of rotatable bonds is 3. The molecule has 2 aliphatic carbocycles. The normalized spacial score (nSPS) is 15.8. The number of benzene rings is 7. The third-order valence-electron chi connectivity index (χ3n) is 11.8. The van der Waals surface area contributed by atoms with Crippen molar-refractivity contribution in [2.45, 2.75) is 32.6 Å². The van der Waals surface area contributed by atoms with Gasteiger partial charge in [0.25, 0.3) is 0 Å².